The quantitative estimate of drug-likeness (QED) is 0.737. The van der Waals surface area contributed by atoms with E-state index < -0.39 is 0 Å². The zero-order valence-corrected chi connectivity index (χ0v) is 12.1. The molecule has 0 aliphatic rings. The molecule has 1 atom stereocenters. The second-order valence-electron chi connectivity index (χ2n) is 5.44. The fourth-order valence-electron chi connectivity index (χ4n) is 1.95. The van der Waals surface area contributed by atoms with Crippen molar-refractivity contribution in [2.45, 2.75) is 57.9 Å². The van der Waals surface area contributed by atoms with E-state index in [1.807, 2.05) is 27.0 Å². The Morgan fingerprint density at radius 3 is 2.47 bits per heavy atom. The van der Waals surface area contributed by atoms with E-state index >= 15 is 0 Å². The molecule has 0 saturated heterocycles. The molecule has 1 unspecified atom stereocenters. The predicted octanol–water partition coefficient (Wildman–Crippen LogP) is 4.16. The van der Waals surface area contributed by atoms with Crippen LogP contribution >= 0.6 is 11.6 Å². The fraction of sp³-hybridized carbons (Fsp3) is 0.643. The maximum atomic E-state index is 6.08. The summed E-state index contributed by atoms with van der Waals surface area (Å²) in [6.07, 6.45) is 4.74. The Hall–Kier alpha value is -0.760. The number of ether oxygens (including phenoxy) is 1. The summed E-state index contributed by atoms with van der Waals surface area (Å²) >= 11 is 6.08. The molecule has 0 N–H and O–H groups in total. The SMILES string of the molecule is CC(Cl)CC(C)(C)c1cncc(OC(C)C)c1. The number of hydrogen-bond donors (Lipinski definition) is 0. The zero-order chi connectivity index (χ0) is 13.1. The standard InChI is InChI=1S/C14H22ClNO/c1-10(2)17-13-6-12(8-16-9-13)14(4,5)7-11(3)15/h6,8-11H,7H2,1-5H3. The van der Waals surface area contributed by atoms with Gasteiger partial charge >= 0.3 is 0 Å². The van der Waals surface area contributed by atoms with E-state index in [1.54, 1.807) is 6.20 Å². The van der Waals surface area contributed by atoms with Gasteiger partial charge in [-0.05, 0) is 44.2 Å². The zero-order valence-electron chi connectivity index (χ0n) is 11.3. The molecule has 0 aliphatic heterocycles. The van der Waals surface area contributed by atoms with E-state index in [1.165, 1.54) is 5.56 Å². The van der Waals surface area contributed by atoms with Crippen molar-refractivity contribution in [3.05, 3.63) is 24.0 Å². The molecule has 1 rings (SSSR count). The molecule has 0 saturated carbocycles. The Bertz CT molecular complexity index is 361. The molecule has 96 valence electrons. The molecular formula is C14H22ClNO. The van der Waals surface area contributed by atoms with Crippen molar-refractivity contribution in [2.24, 2.45) is 0 Å². The van der Waals surface area contributed by atoms with Gasteiger partial charge in [0.2, 0.25) is 0 Å². The maximum absolute atomic E-state index is 6.08. The van der Waals surface area contributed by atoms with Crippen molar-refractivity contribution in [2.75, 3.05) is 0 Å². The fourth-order valence-corrected chi connectivity index (χ4v) is 2.33. The summed E-state index contributed by atoms with van der Waals surface area (Å²) in [5.74, 6) is 0.827. The van der Waals surface area contributed by atoms with E-state index in [0.717, 1.165) is 12.2 Å². The van der Waals surface area contributed by atoms with E-state index in [9.17, 15) is 0 Å². The third kappa shape index (κ3) is 4.55. The number of rotatable bonds is 5. The molecule has 1 aromatic heterocycles. The van der Waals surface area contributed by atoms with Crippen LogP contribution in [0.2, 0.25) is 0 Å². The van der Waals surface area contributed by atoms with Crippen LogP contribution in [0.15, 0.2) is 18.5 Å². The van der Waals surface area contributed by atoms with Crippen molar-refractivity contribution in [3.8, 4) is 5.75 Å². The van der Waals surface area contributed by atoms with Gasteiger partial charge in [-0.25, -0.2) is 0 Å². The van der Waals surface area contributed by atoms with Crippen LogP contribution in [0.4, 0.5) is 0 Å². The van der Waals surface area contributed by atoms with Gasteiger partial charge in [0, 0.05) is 11.6 Å². The summed E-state index contributed by atoms with van der Waals surface area (Å²) in [5, 5.41) is 0.152. The molecule has 0 bridgehead atoms. The Morgan fingerprint density at radius 2 is 1.94 bits per heavy atom. The van der Waals surface area contributed by atoms with E-state index in [-0.39, 0.29) is 16.9 Å². The Balaban J connectivity index is 2.90. The molecule has 0 aromatic carbocycles. The molecule has 2 nitrogen and oxygen atoms in total. The normalized spacial score (nSPS) is 13.8. The minimum atomic E-state index is 0.0184. The van der Waals surface area contributed by atoms with Gasteiger partial charge in [-0.15, -0.1) is 11.6 Å². The smallest absolute Gasteiger partial charge is 0.138 e. The van der Waals surface area contributed by atoms with E-state index in [2.05, 4.69) is 24.9 Å². The van der Waals surface area contributed by atoms with Crippen molar-refractivity contribution in [3.63, 3.8) is 0 Å². The Labute approximate surface area is 109 Å². The number of halogens is 1. The number of pyridine rings is 1. The highest BCUT2D eigenvalue weighted by molar-refractivity contribution is 6.20. The van der Waals surface area contributed by atoms with Gasteiger partial charge in [-0.2, -0.15) is 0 Å². The van der Waals surface area contributed by atoms with Crippen LogP contribution in [-0.4, -0.2) is 16.5 Å². The van der Waals surface area contributed by atoms with Gasteiger partial charge in [0.15, 0.2) is 0 Å². The lowest BCUT2D eigenvalue weighted by atomic mass is 9.81. The van der Waals surface area contributed by atoms with Gasteiger partial charge in [-0.1, -0.05) is 13.8 Å². The monoisotopic (exact) mass is 255 g/mol. The summed E-state index contributed by atoms with van der Waals surface area (Å²) in [6.45, 7) is 10.4. The predicted molar refractivity (Wildman–Crippen MR) is 73.0 cm³/mol. The summed E-state index contributed by atoms with van der Waals surface area (Å²) in [7, 11) is 0. The topological polar surface area (TPSA) is 22.1 Å². The van der Waals surface area contributed by atoms with Crippen LogP contribution in [0, 0.1) is 0 Å². The first-order chi connectivity index (χ1) is 7.81. The van der Waals surface area contributed by atoms with E-state index in [4.69, 9.17) is 16.3 Å². The first kappa shape index (κ1) is 14.3. The van der Waals surface area contributed by atoms with E-state index in [0.29, 0.717) is 0 Å². The number of hydrogen-bond acceptors (Lipinski definition) is 2. The lowest BCUT2D eigenvalue weighted by Gasteiger charge is -2.26. The number of aromatic nitrogens is 1. The third-order valence-corrected chi connectivity index (χ3v) is 2.81. The highest BCUT2D eigenvalue weighted by Gasteiger charge is 2.23. The first-order valence-corrected chi connectivity index (χ1v) is 6.51. The van der Waals surface area contributed by atoms with Gasteiger partial charge in [0.25, 0.3) is 0 Å². The third-order valence-electron chi connectivity index (χ3n) is 2.66. The molecule has 0 amide bonds. The lowest BCUT2D eigenvalue weighted by molar-refractivity contribution is 0.240. The van der Waals surface area contributed by atoms with Crippen LogP contribution in [0.3, 0.4) is 0 Å². The van der Waals surface area contributed by atoms with Gasteiger partial charge in [-0.3, -0.25) is 4.98 Å². The van der Waals surface area contributed by atoms with Crippen LogP contribution in [-0.2, 0) is 5.41 Å². The second-order valence-corrected chi connectivity index (χ2v) is 6.19. The molecule has 0 radical (unpaired) electrons. The van der Waals surface area contributed by atoms with Gasteiger partial charge in [0.05, 0.1) is 12.3 Å². The van der Waals surface area contributed by atoms with Crippen LogP contribution in [0.5, 0.6) is 5.75 Å². The van der Waals surface area contributed by atoms with Crippen molar-refractivity contribution in [1.29, 1.82) is 0 Å². The molecule has 1 aromatic rings. The average molecular weight is 256 g/mol. The second kappa shape index (κ2) is 5.72. The molecule has 17 heavy (non-hydrogen) atoms. The average Bonchev–Trinajstić information content (AvgIpc) is 2.15. The highest BCUT2D eigenvalue weighted by atomic mass is 35.5. The molecule has 0 fully saturated rings. The first-order valence-electron chi connectivity index (χ1n) is 6.07. The minimum Gasteiger partial charge on any atom is -0.489 e. The van der Waals surface area contributed by atoms with Gasteiger partial charge in [0.1, 0.15) is 5.75 Å². The Kier molecular flexibility index (Phi) is 4.81. The van der Waals surface area contributed by atoms with Crippen LogP contribution in [0.1, 0.15) is 46.6 Å². The summed E-state index contributed by atoms with van der Waals surface area (Å²) in [5.41, 5.74) is 1.19. The minimum absolute atomic E-state index is 0.0184. The van der Waals surface area contributed by atoms with Crippen molar-refractivity contribution < 1.29 is 4.74 Å². The van der Waals surface area contributed by atoms with Crippen LogP contribution < -0.4 is 4.74 Å². The molecule has 0 aliphatic carbocycles. The number of nitrogens with zero attached hydrogens (tertiary/aromatic N) is 1. The van der Waals surface area contributed by atoms with Gasteiger partial charge < -0.3 is 4.74 Å². The molecule has 0 spiro atoms. The molecule has 1 heterocycles. The van der Waals surface area contributed by atoms with Crippen molar-refractivity contribution >= 4 is 11.6 Å². The summed E-state index contributed by atoms with van der Waals surface area (Å²) < 4.78 is 5.66. The molecular weight excluding hydrogens is 234 g/mol. The molecule has 3 heteroatoms. The van der Waals surface area contributed by atoms with Crippen molar-refractivity contribution in [1.82, 2.24) is 4.98 Å². The van der Waals surface area contributed by atoms with Crippen LogP contribution in [0.25, 0.3) is 0 Å². The summed E-state index contributed by atoms with van der Waals surface area (Å²) in [4.78, 5) is 4.24. The highest BCUT2D eigenvalue weighted by Crippen LogP contribution is 2.31. The lowest BCUT2D eigenvalue weighted by Crippen LogP contribution is -2.21. The largest absolute Gasteiger partial charge is 0.489 e. The number of alkyl halides is 1. The summed E-state index contributed by atoms with van der Waals surface area (Å²) in [6, 6.07) is 2.06. The Morgan fingerprint density at radius 1 is 1.29 bits per heavy atom. The maximum Gasteiger partial charge on any atom is 0.138 e.